The molecule has 1 aromatic carbocycles. The molecule has 5 nitrogen and oxygen atoms in total. The summed E-state index contributed by atoms with van der Waals surface area (Å²) in [6.45, 7) is 6.69. The lowest BCUT2D eigenvalue weighted by Crippen LogP contribution is -2.45. The Morgan fingerprint density at radius 1 is 1.20 bits per heavy atom. The number of piperidine rings is 1. The zero-order valence-corrected chi connectivity index (χ0v) is 15.3. The van der Waals surface area contributed by atoms with Crippen LogP contribution in [0.4, 0.5) is 0 Å². The van der Waals surface area contributed by atoms with Gasteiger partial charge >= 0.3 is 0 Å². The fraction of sp³-hybridized carbons (Fsp3) is 0.600. The van der Waals surface area contributed by atoms with E-state index < -0.39 is 5.60 Å². The van der Waals surface area contributed by atoms with E-state index in [4.69, 9.17) is 0 Å². The van der Waals surface area contributed by atoms with Gasteiger partial charge in [0.2, 0.25) is 0 Å². The van der Waals surface area contributed by atoms with Gasteiger partial charge in [-0.3, -0.25) is 4.90 Å². The van der Waals surface area contributed by atoms with Crippen molar-refractivity contribution >= 4 is 0 Å². The molecule has 0 saturated carbocycles. The maximum atomic E-state index is 11.2. The molecule has 1 saturated heterocycles. The van der Waals surface area contributed by atoms with Crippen molar-refractivity contribution in [2.75, 3.05) is 13.1 Å². The van der Waals surface area contributed by atoms with Gasteiger partial charge in [-0.05, 0) is 69.2 Å². The van der Waals surface area contributed by atoms with Gasteiger partial charge in [0.15, 0.2) is 0 Å². The first-order valence-electron chi connectivity index (χ1n) is 9.51. The number of aliphatic hydroxyl groups is 1. The summed E-state index contributed by atoms with van der Waals surface area (Å²) in [6.07, 6.45) is 7.37. The minimum atomic E-state index is -0.887. The monoisotopic (exact) mass is 340 g/mol. The Labute approximate surface area is 149 Å². The highest BCUT2D eigenvalue weighted by molar-refractivity contribution is 5.35. The normalized spacial score (nSPS) is 24.0. The molecule has 1 unspecified atom stereocenters. The molecule has 1 atom stereocenters. The number of hydrogen-bond acceptors (Lipinski definition) is 4. The first-order chi connectivity index (χ1) is 12.0. The van der Waals surface area contributed by atoms with Crippen LogP contribution >= 0.6 is 0 Å². The van der Waals surface area contributed by atoms with Gasteiger partial charge in [-0.1, -0.05) is 23.4 Å². The number of β-amino-alcohol motifs (C(OH)–C–C–N with tert-alkyl or cyclic N) is 1. The number of benzene rings is 1. The number of hydrogen-bond donors (Lipinski definition) is 1. The molecular formula is C20H28N4O. The van der Waals surface area contributed by atoms with Gasteiger partial charge in [-0.15, -0.1) is 5.10 Å². The van der Waals surface area contributed by atoms with Crippen LogP contribution in [0.1, 0.15) is 61.5 Å². The quantitative estimate of drug-likeness (QED) is 0.930. The fourth-order valence-electron chi connectivity index (χ4n) is 4.19. The second-order valence-corrected chi connectivity index (χ2v) is 7.98. The van der Waals surface area contributed by atoms with E-state index in [1.807, 2.05) is 10.9 Å². The standard InChI is InChI=1S/C20H28N4O/c1-15(2)24-13-19(21-22-24)20(25)9-4-10-23(14-20)12-16-7-8-17-5-3-6-18(17)11-16/h7-8,11,13,15,25H,3-6,9-10,12,14H2,1-2H3. The molecule has 1 N–H and O–H groups in total. The smallest absolute Gasteiger partial charge is 0.123 e. The van der Waals surface area contributed by atoms with Gasteiger partial charge < -0.3 is 5.11 Å². The molecule has 25 heavy (non-hydrogen) atoms. The Balaban J connectivity index is 1.48. The van der Waals surface area contributed by atoms with Gasteiger partial charge in [0.1, 0.15) is 11.3 Å². The van der Waals surface area contributed by atoms with E-state index in [2.05, 4.69) is 47.3 Å². The Kier molecular flexibility index (Phi) is 4.38. The van der Waals surface area contributed by atoms with E-state index in [0.29, 0.717) is 12.2 Å². The molecule has 0 amide bonds. The predicted octanol–water partition coefficient (Wildman–Crippen LogP) is 2.83. The van der Waals surface area contributed by atoms with Gasteiger partial charge in [0.25, 0.3) is 0 Å². The molecule has 0 radical (unpaired) electrons. The number of nitrogens with zero attached hydrogens (tertiary/aromatic N) is 4. The Morgan fingerprint density at radius 2 is 2.04 bits per heavy atom. The molecular weight excluding hydrogens is 312 g/mol. The van der Waals surface area contributed by atoms with E-state index in [-0.39, 0.29) is 6.04 Å². The maximum Gasteiger partial charge on any atom is 0.123 e. The second-order valence-electron chi connectivity index (χ2n) is 7.98. The third-order valence-electron chi connectivity index (χ3n) is 5.64. The summed E-state index contributed by atoms with van der Waals surface area (Å²) in [7, 11) is 0. The highest BCUT2D eigenvalue weighted by Crippen LogP contribution is 2.31. The van der Waals surface area contributed by atoms with Crippen LogP contribution in [0.25, 0.3) is 0 Å². The van der Waals surface area contributed by atoms with Crippen molar-refractivity contribution < 1.29 is 5.11 Å². The van der Waals surface area contributed by atoms with E-state index in [1.54, 1.807) is 0 Å². The highest BCUT2D eigenvalue weighted by atomic mass is 16.3. The molecule has 4 rings (SSSR count). The first-order valence-corrected chi connectivity index (χ1v) is 9.51. The largest absolute Gasteiger partial charge is 0.382 e. The lowest BCUT2D eigenvalue weighted by atomic mass is 9.89. The van der Waals surface area contributed by atoms with Gasteiger partial charge in [0, 0.05) is 19.1 Å². The van der Waals surface area contributed by atoms with Crippen LogP contribution in [0.2, 0.25) is 0 Å². The molecule has 0 spiro atoms. The van der Waals surface area contributed by atoms with Crippen molar-refractivity contribution in [2.24, 2.45) is 0 Å². The summed E-state index contributed by atoms with van der Waals surface area (Å²) < 4.78 is 1.83. The molecule has 2 aromatic rings. The van der Waals surface area contributed by atoms with E-state index >= 15 is 0 Å². The number of fused-ring (bicyclic) bond motifs is 1. The zero-order chi connectivity index (χ0) is 17.4. The van der Waals surface area contributed by atoms with E-state index in [9.17, 15) is 5.11 Å². The van der Waals surface area contributed by atoms with Crippen molar-refractivity contribution in [2.45, 2.75) is 64.1 Å². The van der Waals surface area contributed by atoms with Crippen LogP contribution in [-0.2, 0) is 25.0 Å². The number of aromatic nitrogens is 3. The molecule has 2 heterocycles. The summed E-state index contributed by atoms with van der Waals surface area (Å²) in [5, 5.41) is 19.6. The summed E-state index contributed by atoms with van der Waals surface area (Å²) in [6, 6.07) is 7.18. The van der Waals surface area contributed by atoms with Gasteiger partial charge in [0.05, 0.1) is 6.20 Å². The minimum Gasteiger partial charge on any atom is -0.382 e. The lowest BCUT2D eigenvalue weighted by molar-refractivity contribution is -0.0414. The predicted molar refractivity (Wildman–Crippen MR) is 97.3 cm³/mol. The lowest BCUT2D eigenvalue weighted by Gasteiger charge is -2.38. The van der Waals surface area contributed by atoms with Crippen LogP contribution in [0.15, 0.2) is 24.4 Å². The summed E-state index contributed by atoms with van der Waals surface area (Å²) in [4.78, 5) is 2.36. The van der Waals surface area contributed by atoms with E-state index in [0.717, 1.165) is 25.9 Å². The van der Waals surface area contributed by atoms with Crippen molar-refractivity contribution in [1.82, 2.24) is 19.9 Å². The van der Waals surface area contributed by atoms with Crippen LogP contribution < -0.4 is 0 Å². The SMILES string of the molecule is CC(C)n1cc(C2(O)CCCN(Cc3ccc4c(c3)CCC4)C2)nn1. The van der Waals surface area contributed by atoms with Gasteiger partial charge in [-0.25, -0.2) is 4.68 Å². The number of rotatable bonds is 4. The third-order valence-corrected chi connectivity index (χ3v) is 5.64. The molecule has 1 aliphatic carbocycles. The van der Waals surface area contributed by atoms with Crippen molar-refractivity contribution in [3.8, 4) is 0 Å². The van der Waals surface area contributed by atoms with Crippen molar-refractivity contribution in [3.05, 3.63) is 46.8 Å². The molecule has 0 bridgehead atoms. The van der Waals surface area contributed by atoms with Crippen molar-refractivity contribution in [3.63, 3.8) is 0 Å². The molecule has 1 fully saturated rings. The number of aryl methyl sites for hydroxylation is 2. The Bertz CT molecular complexity index is 754. The minimum absolute atomic E-state index is 0.260. The Hall–Kier alpha value is -1.72. The van der Waals surface area contributed by atoms with E-state index in [1.165, 1.54) is 36.0 Å². The van der Waals surface area contributed by atoms with Crippen LogP contribution in [0.3, 0.4) is 0 Å². The molecule has 134 valence electrons. The van der Waals surface area contributed by atoms with Gasteiger partial charge in [-0.2, -0.15) is 0 Å². The second kappa shape index (κ2) is 6.54. The third kappa shape index (κ3) is 3.35. The summed E-state index contributed by atoms with van der Waals surface area (Å²) in [5.74, 6) is 0. The molecule has 2 aliphatic rings. The van der Waals surface area contributed by atoms with Crippen molar-refractivity contribution in [1.29, 1.82) is 0 Å². The molecule has 1 aromatic heterocycles. The summed E-state index contributed by atoms with van der Waals surface area (Å²) >= 11 is 0. The average Bonchev–Trinajstić information content (AvgIpc) is 3.24. The van der Waals surface area contributed by atoms with Crippen LogP contribution in [-0.4, -0.2) is 38.1 Å². The zero-order valence-electron chi connectivity index (χ0n) is 15.3. The fourth-order valence-corrected chi connectivity index (χ4v) is 4.19. The molecule has 5 heteroatoms. The topological polar surface area (TPSA) is 54.2 Å². The van der Waals surface area contributed by atoms with Crippen LogP contribution in [0.5, 0.6) is 0 Å². The molecule has 1 aliphatic heterocycles. The Morgan fingerprint density at radius 3 is 2.84 bits per heavy atom. The van der Waals surface area contributed by atoms with Crippen LogP contribution in [0, 0.1) is 0 Å². The average molecular weight is 340 g/mol. The highest BCUT2D eigenvalue weighted by Gasteiger charge is 2.37. The number of likely N-dealkylation sites (tertiary alicyclic amines) is 1. The maximum absolute atomic E-state index is 11.2. The first kappa shape index (κ1) is 16.7. The summed E-state index contributed by atoms with van der Waals surface area (Å²) in [5.41, 5.74) is 4.21.